The lowest BCUT2D eigenvalue weighted by Crippen LogP contribution is -2.11. The zero-order valence-corrected chi connectivity index (χ0v) is 16.6. The van der Waals surface area contributed by atoms with Crippen LogP contribution in [0.2, 0.25) is 0 Å². The van der Waals surface area contributed by atoms with Crippen LogP contribution in [-0.2, 0) is 12.0 Å². The summed E-state index contributed by atoms with van der Waals surface area (Å²) in [6.07, 6.45) is 2.19. The summed E-state index contributed by atoms with van der Waals surface area (Å²) >= 11 is 0. The second-order valence-corrected chi connectivity index (χ2v) is 7.82. The third-order valence-corrected chi connectivity index (χ3v) is 4.48. The average molecular weight is 364 g/mol. The molecule has 5 nitrogen and oxygen atoms in total. The van der Waals surface area contributed by atoms with Crippen LogP contribution in [0, 0.1) is 0 Å². The summed E-state index contributed by atoms with van der Waals surface area (Å²) in [5.74, 6) is 1.50. The Morgan fingerprint density at radius 1 is 0.963 bits per heavy atom. The lowest BCUT2D eigenvalue weighted by Gasteiger charge is -2.19. The molecule has 2 aromatic carbocycles. The normalized spacial score (nSPS) is 11.6. The summed E-state index contributed by atoms with van der Waals surface area (Å²) in [6.45, 7) is 10.2. The van der Waals surface area contributed by atoms with E-state index in [4.69, 9.17) is 4.74 Å². The molecule has 0 aliphatic carbocycles. The number of rotatable bonds is 7. The minimum Gasteiger partial charge on any atom is -0.494 e. The van der Waals surface area contributed by atoms with Gasteiger partial charge in [-0.3, -0.25) is 0 Å². The molecule has 0 aliphatic heterocycles. The van der Waals surface area contributed by atoms with Crippen LogP contribution < -0.4 is 4.74 Å². The molecule has 27 heavy (non-hydrogen) atoms. The first kappa shape index (κ1) is 19.1. The van der Waals surface area contributed by atoms with E-state index in [0.717, 1.165) is 36.3 Å². The van der Waals surface area contributed by atoms with Gasteiger partial charge in [0.15, 0.2) is 0 Å². The number of nitrogens with zero attached hydrogens (tertiary/aromatic N) is 4. The smallest absolute Gasteiger partial charge is 0.204 e. The van der Waals surface area contributed by atoms with Gasteiger partial charge < -0.3 is 4.74 Å². The van der Waals surface area contributed by atoms with Crippen LogP contribution in [0.25, 0.3) is 11.4 Å². The van der Waals surface area contributed by atoms with Gasteiger partial charge in [-0.1, -0.05) is 58.4 Å². The molecule has 3 aromatic rings. The second-order valence-electron chi connectivity index (χ2n) is 7.82. The first-order valence-corrected chi connectivity index (χ1v) is 9.56. The van der Waals surface area contributed by atoms with E-state index < -0.39 is 0 Å². The third-order valence-electron chi connectivity index (χ3n) is 4.48. The molecule has 3 rings (SSSR count). The summed E-state index contributed by atoms with van der Waals surface area (Å²) in [6, 6.07) is 16.5. The first-order valence-electron chi connectivity index (χ1n) is 9.56. The molecule has 5 heteroatoms. The maximum absolute atomic E-state index is 5.69. The molecular formula is C22H28N4O. The van der Waals surface area contributed by atoms with Gasteiger partial charge in [0, 0.05) is 5.56 Å². The Hall–Kier alpha value is -2.69. The topological polar surface area (TPSA) is 52.8 Å². The van der Waals surface area contributed by atoms with E-state index in [2.05, 4.69) is 67.4 Å². The minimum atomic E-state index is 0.156. The van der Waals surface area contributed by atoms with Crippen LogP contribution in [0.4, 0.5) is 0 Å². The standard InChI is InChI=1S/C22H28N4O/c1-5-6-15-27-20-13-9-18(10-14-20)21-23-25-26(24-21)16-17-7-11-19(12-8-17)22(2,3)4/h7-14H,5-6,15-16H2,1-4H3. The van der Waals surface area contributed by atoms with Crippen LogP contribution >= 0.6 is 0 Å². The highest BCUT2D eigenvalue weighted by Crippen LogP contribution is 2.22. The molecule has 0 atom stereocenters. The highest BCUT2D eigenvalue weighted by atomic mass is 16.5. The van der Waals surface area contributed by atoms with Crippen molar-refractivity contribution in [2.24, 2.45) is 0 Å². The van der Waals surface area contributed by atoms with E-state index in [0.29, 0.717) is 12.4 Å². The van der Waals surface area contributed by atoms with Crippen LogP contribution in [0.5, 0.6) is 5.75 Å². The van der Waals surface area contributed by atoms with Crippen molar-refractivity contribution in [3.63, 3.8) is 0 Å². The Labute approximate surface area is 161 Å². The van der Waals surface area contributed by atoms with E-state index in [9.17, 15) is 0 Å². The number of hydrogen-bond donors (Lipinski definition) is 0. The van der Waals surface area contributed by atoms with E-state index in [-0.39, 0.29) is 5.41 Å². The molecule has 0 saturated heterocycles. The first-order chi connectivity index (χ1) is 13.0. The van der Waals surface area contributed by atoms with Crippen molar-refractivity contribution in [1.82, 2.24) is 20.2 Å². The van der Waals surface area contributed by atoms with Crippen LogP contribution in [0.1, 0.15) is 51.7 Å². The summed E-state index contributed by atoms with van der Waals surface area (Å²) in [7, 11) is 0. The van der Waals surface area contributed by atoms with Crippen LogP contribution in [0.15, 0.2) is 48.5 Å². The summed E-state index contributed by atoms with van der Waals surface area (Å²) in [5, 5.41) is 12.9. The second kappa shape index (κ2) is 8.33. The van der Waals surface area contributed by atoms with Gasteiger partial charge in [-0.2, -0.15) is 4.80 Å². The van der Waals surface area contributed by atoms with Gasteiger partial charge in [0.2, 0.25) is 5.82 Å². The Morgan fingerprint density at radius 3 is 2.30 bits per heavy atom. The van der Waals surface area contributed by atoms with Crippen molar-refractivity contribution < 1.29 is 4.74 Å². The molecule has 0 bridgehead atoms. The molecule has 0 amide bonds. The minimum absolute atomic E-state index is 0.156. The molecule has 0 radical (unpaired) electrons. The Bertz CT molecular complexity index is 845. The fourth-order valence-electron chi connectivity index (χ4n) is 2.73. The average Bonchev–Trinajstić information content (AvgIpc) is 3.11. The van der Waals surface area contributed by atoms with Gasteiger partial charge in [0.05, 0.1) is 13.2 Å². The van der Waals surface area contributed by atoms with Gasteiger partial charge in [-0.15, -0.1) is 10.2 Å². The fraction of sp³-hybridized carbons (Fsp3) is 0.409. The predicted molar refractivity (Wildman–Crippen MR) is 108 cm³/mol. The molecule has 142 valence electrons. The van der Waals surface area contributed by atoms with Crippen LogP contribution in [-0.4, -0.2) is 26.8 Å². The number of hydrogen-bond acceptors (Lipinski definition) is 4. The quantitative estimate of drug-likeness (QED) is 0.562. The molecule has 0 aliphatic rings. The molecule has 1 aromatic heterocycles. The van der Waals surface area contributed by atoms with Gasteiger partial charge in [0.25, 0.3) is 0 Å². The zero-order chi connectivity index (χ0) is 19.3. The lowest BCUT2D eigenvalue weighted by atomic mass is 9.87. The van der Waals surface area contributed by atoms with Gasteiger partial charge in [-0.25, -0.2) is 0 Å². The molecule has 0 fully saturated rings. The fourth-order valence-corrected chi connectivity index (χ4v) is 2.73. The van der Waals surface area contributed by atoms with Gasteiger partial charge >= 0.3 is 0 Å². The van der Waals surface area contributed by atoms with Crippen molar-refractivity contribution in [2.75, 3.05) is 6.61 Å². The predicted octanol–water partition coefficient (Wildman–Crippen LogP) is 4.86. The Morgan fingerprint density at radius 2 is 1.67 bits per heavy atom. The van der Waals surface area contributed by atoms with Crippen LogP contribution in [0.3, 0.4) is 0 Å². The third kappa shape index (κ3) is 5.16. The molecule has 0 unspecified atom stereocenters. The summed E-state index contributed by atoms with van der Waals surface area (Å²) in [4.78, 5) is 1.63. The van der Waals surface area contributed by atoms with Crippen molar-refractivity contribution in [3.05, 3.63) is 59.7 Å². The summed E-state index contributed by atoms with van der Waals surface area (Å²) in [5.41, 5.74) is 3.57. The maximum atomic E-state index is 5.69. The molecule has 0 saturated carbocycles. The molecular weight excluding hydrogens is 336 g/mol. The van der Waals surface area contributed by atoms with Crippen molar-refractivity contribution in [1.29, 1.82) is 0 Å². The van der Waals surface area contributed by atoms with Gasteiger partial charge in [0.1, 0.15) is 5.75 Å². The van der Waals surface area contributed by atoms with E-state index in [1.165, 1.54) is 5.56 Å². The zero-order valence-electron chi connectivity index (χ0n) is 16.6. The largest absolute Gasteiger partial charge is 0.494 e. The van der Waals surface area contributed by atoms with E-state index in [1.807, 2.05) is 24.3 Å². The lowest BCUT2D eigenvalue weighted by molar-refractivity contribution is 0.309. The van der Waals surface area contributed by atoms with Crippen molar-refractivity contribution in [2.45, 2.75) is 52.5 Å². The number of aromatic nitrogens is 4. The molecule has 1 heterocycles. The number of unbranched alkanes of at least 4 members (excludes halogenated alkanes) is 1. The van der Waals surface area contributed by atoms with Gasteiger partial charge in [-0.05, 0) is 52.4 Å². The number of ether oxygens (including phenoxy) is 1. The highest BCUT2D eigenvalue weighted by molar-refractivity contribution is 5.55. The highest BCUT2D eigenvalue weighted by Gasteiger charge is 2.13. The van der Waals surface area contributed by atoms with Crippen molar-refractivity contribution in [3.8, 4) is 17.1 Å². The monoisotopic (exact) mass is 364 g/mol. The molecule has 0 N–H and O–H groups in total. The Balaban J connectivity index is 1.64. The number of benzene rings is 2. The maximum Gasteiger partial charge on any atom is 0.204 e. The Kier molecular flexibility index (Phi) is 5.89. The number of tetrazole rings is 1. The summed E-state index contributed by atoms with van der Waals surface area (Å²) < 4.78 is 5.69. The van der Waals surface area contributed by atoms with E-state index >= 15 is 0 Å². The molecule has 0 spiro atoms. The SMILES string of the molecule is CCCCOc1ccc(-c2nnn(Cc3ccc(C(C)(C)C)cc3)n2)cc1. The van der Waals surface area contributed by atoms with E-state index in [1.54, 1.807) is 4.80 Å². The van der Waals surface area contributed by atoms with Crippen molar-refractivity contribution >= 4 is 0 Å².